The van der Waals surface area contributed by atoms with Crippen molar-refractivity contribution in [2.75, 3.05) is 5.75 Å². The lowest BCUT2D eigenvalue weighted by Gasteiger charge is -2.09. The van der Waals surface area contributed by atoms with E-state index in [1.807, 2.05) is 40.7 Å². The van der Waals surface area contributed by atoms with Crippen LogP contribution in [-0.4, -0.2) is 10.9 Å². The first kappa shape index (κ1) is 11.7. The molecule has 84 valence electrons. The SMILES string of the molecule is CCSc1ccc([C@H](O)c2ccsc2)cc1. The molecule has 0 fully saturated rings. The minimum Gasteiger partial charge on any atom is -0.384 e. The molecule has 0 aliphatic carbocycles. The predicted molar refractivity (Wildman–Crippen MR) is 71.2 cm³/mol. The second kappa shape index (κ2) is 5.53. The first-order chi connectivity index (χ1) is 7.81. The Morgan fingerprint density at radius 1 is 1.19 bits per heavy atom. The number of aliphatic hydroxyl groups is 1. The highest BCUT2D eigenvalue weighted by Crippen LogP contribution is 2.26. The molecule has 3 heteroatoms. The quantitative estimate of drug-likeness (QED) is 0.829. The number of hydrogen-bond donors (Lipinski definition) is 1. The molecule has 2 rings (SSSR count). The van der Waals surface area contributed by atoms with Gasteiger partial charge in [0, 0.05) is 4.90 Å². The van der Waals surface area contributed by atoms with Gasteiger partial charge in [0.1, 0.15) is 6.10 Å². The topological polar surface area (TPSA) is 20.2 Å². The summed E-state index contributed by atoms with van der Waals surface area (Å²) in [5.41, 5.74) is 1.93. The van der Waals surface area contributed by atoms with Crippen molar-refractivity contribution < 1.29 is 5.11 Å². The smallest absolute Gasteiger partial charge is 0.105 e. The summed E-state index contributed by atoms with van der Waals surface area (Å²) >= 11 is 3.42. The lowest BCUT2D eigenvalue weighted by Crippen LogP contribution is -1.97. The lowest BCUT2D eigenvalue weighted by atomic mass is 10.1. The average molecular weight is 250 g/mol. The van der Waals surface area contributed by atoms with E-state index in [-0.39, 0.29) is 0 Å². The Bertz CT molecular complexity index is 420. The summed E-state index contributed by atoms with van der Waals surface area (Å²) < 4.78 is 0. The molecule has 1 aromatic carbocycles. The number of rotatable bonds is 4. The fourth-order valence-electron chi connectivity index (χ4n) is 1.54. The molecular weight excluding hydrogens is 236 g/mol. The van der Waals surface area contributed by atoms with Crippen molar-refractivity contribution in [1.29, 1.82) is 0 Å². The van der Waals surface area contributed by atoms with Gasteiger partial charge in [0.05, 0.1) is 0 Å². The van der Waals surface area contributed by atoms with Crippen LogP contribution in [0, 0.1) is 0 Å². The number of thioether (sulfide) groups is 1. The fraction of sp³-hybridized carbons (Fsp3) is 0.231. The van der Waals surface area contributed by atoms with Crippen molar-refractivity contribution in [1.82, 2.24) is 0 Å². The van der Waals surface area contributed by atoms with Crippen LogP contribution >= 0.6 is 23.1 Å². The molecular formula is C13H14OS2. The van der Waals surface area contributed by atoms with E-state index >= 15 is 0 Å². The van der Waals surface area contributed by atoms with Crippen molar-refractivity contribution >= 4 is 23.1 Å². The summed E-state index contributed by atoms with van der Waals surface area (Å²) in [7, 11) is 0. The molecule has 0 aliphatic heterocycles. The third kappa shape index (κ3) is 2.67. The zero-order valence-corrected chi connectivity index (χ0v) is 10.7. The first-order valence-electron chi connectivity index (χ1n) is 5.24. The molecule has 1 heterocycles. The van der Waals surface area contributed by atoms with Crippen LogP contribution in [0.1, 0.15) is 24.2 Å². The molecule has 0 bridgehead atoms. The Balaban J connectivity index is 2.15. The Morgan fingerprint density at radius 3 is 2.50 bits per heavy atom. The van der Waals surface area contributed by atoms with Crippen LogP contribution < -0.4 is 0 Å². The molecule has 1 N–H and O–H groups in total. The molecule has 1 nitrogen and oxygen atoms in total. The van der Waals surface area contributed by atoms with E-state index in [2.05, 4.69) is 19.1 Å². The second-order valence-electron chi connectivity index (χ2n) is 3.46. The van der Waals surface area contributed by atoms with Gasteiger partial charge < -0.3 is 5.11 Å². The number of hydrogen-bond acceptors (Lipinski definition) is 3. The van der Waals surface area contributed by atoms with Crippen LogP contribution in [0.4, 0.5) is 0 Å². The maximum absolute atomic E-state index is 10.1. The maximum atomic E-state index is 10.1. The van der Waals surface area contributed by atoms with Gasteiger partial charge in [-0.15, -0.1) is 11.8 Å². The molecule has 0 amide bonds. The largest absolute Gasteiger partial charge is 0.384 e. The normalized spacial score (nSPS) is 12.6. The van der Waals surface area contributed by atoms with Gasteiger partial charge in [-0.1, -0.05) is 19.1 Å². The molecule has 0 saturated carbocycles. The van der Waals surface area contributed by atoms with Crippen LogP contribution in [0.25, 0.3) is 0 Å². The average Bonchev–Trinajstić information content (AvgIpc) is 2.83. The Morgan fingerprint density at radius 2 is 1.94 bits per heavy atom. The molecule has 1 aromatic heterocycles. The van der Waals surface area contributed by atoms with Crippen LogP contribution in [0.5, 0.6) is 0 Å². The van der Waals surface area contributed by atoms with Gasteiger partial charge in [-0.05, 0) is 45.8 Å². The third-order valence-electron chi connectivity index (χ3n) is 2.37. The van der Waals surface area contributed by atoms with Crippen LogP contribution in [0.2, 0.25) is 0 Å². The van der Waals surface area contributed by atoms with Gasteiger partial charge in [-0.3, -0.25) is 0 Å². The molecule has 0 saturated heterocycles. The van der Waals surface area contributed by atoms with Gasteiger partial charge >= 0.3 is 0 Å². The van der Waals surface area contributed by atoms with Crippen molar-refractivity contribution in [2.24, 2.45) is 0 Å². The Kier molecular flexibility index (Phi) is 4.04. The zero-order valence-electron chi connectivity index (χ0n) is 9.09. The number of thiophene rings is 1. The van der Waals surface area contributed by atoms with E-state index in [4.69, 9.17) is 0 Å². The van der Waals surface area contributed by atoms with Crippen molar-refractivity contribution in [3.8, 4) is 0 Å². The summed E-state index contributed by atoms with van der Waals surface area (Å²) in [6.45, 7) is 2.14. The highest BCUT2D eigenvalue weighted by atomic mass is 32.2. The van der Waals surface area contributed by atoms with Gasteiger partial charge in [-0.2, -0.15) is 11.3 Å². The molecule has 0 aliphatic rings. The molecule has 2 aromatic rings. The third-order valence-corrected chi connectivity index (χ3v) is 3.96. The van der Waals surface area contributed by atoms with E-state index in [1.165, 1.54) is 4.90 Å². The summed E-state index contributed by atoms with van der Waals surface area (Å²) in [5, 5.41) is 14.1. The summed E-state index contributed by atoms with van der Waals surface area (Å²) in [6, 6.07) is 10.1. The summed E-state index contributed by atoms with van der Waals surface area (Å²) in [6.07, 6.45) is -0.494. The first-order valence-corrected chi connectivity index (χ1v) is 7.17. The van der Waals surface area contributed by atoms with Gasteiger partial charge in [0.25, 0.3) is 0 Å². The fourth-order valence-corrected chi connectivity index (χ4v) is 2.88. The number of benzene rings is 1. The minimum atomic E-state index is -0.494. The molecule has 0 radical (unpaired) electrons. The molecule has 0 unspecified atom stereocenters. The van der Waals surface area contributed by atoms with E-state index in [0.29, 0.717) is 0 Å². The van der Waals surface area contributed by atoms with Gasteiger partial charge in [0.15, 0.2) is 0 Å². The van der Waals surface area contributed by atoms with Crippen molar-refractivity contribution in [3.05, 3.63) is 52.2 Å². The van der Waals surface area contributed by atoms with Crippen molar-refractivity contribution in [3.63, 3.8) is 0 Å². The van der Waals surface area contributed by atoms with Crippen LogP contribution in [0.15, 0.2) is 46.0 Å². The second-order valence-corrected chi connectivity index (χ2v) is 5.58. The standard InChI is InChI=1S/C13H14OS2/c1-2-16-12-5-3-10(4-6-12)13(14)11-7-8-15-9-11/h3-9,13-14H,2H2,1H3/t13-/m0/s1. The van der Waals surface area contributed by atoms with E-state index in [1.54, 1.807) is 11.3 Å². The monoisotopic (exact) mass is 250 g/mol. The lowest BCUT2D eigenvalue weighted by molar-refractivity contribution is 0.221. The highest BCUT2D eigenvalue weighted by Gasteiger charge is 2.10. The molecule has 16 heavy (non-hydrogen) atoms. The van der Waals surface area contributed by atoms with E-state index in [0.717, 1.165) is 16.9 Å². The van der Waals surface area contributed by atoms with Gasteiger partial charge in [0.2, 0.25) is 0 Å². The van der Waals surface area contributed by atoms with Crippen LogP contribution in [-0.2, 0) is 0 Å². The zero-order chi connectivity index (χ0) is 11.4. The van der Waals surface area contributed by atoms with E-state index in [9.17, 15) is 5.11 Å². The number of aliphatic hydroxyl groups excluding tert-OH is 1. The molecule has 0 spiro atoms. The van der Waals surface area contributed by atoms with E-state index < -0.39 is 6.10 Å². The van der Waals surface area contributed by atoms with Crippen molar-refractivity contribution in [2.45, 2.75) is 17.9 Å². The summed E-state index contributed by atoms with van der Waals surface area (Å²) in [5.74, 6) is 1.08. The highest BCUT2D eigenvalue weighted by molar-refractivity contribution is 7.99. The Labute approximate surface area is 104 Å². The Hall–Kier alpha value is -0.770. The minimum absolute atomic E-state index is 0.494. The van der Waals surface area contributed by atoms with Gasteiger partial charge in [-0.25, -0.2) is 0 Å². The predicted octanol–water partition coefficient (Wildman–Crippen LogP) is 3.94. The maximum Gasteiger partial charge on any atom is 0.105 e. The molecule has 1 atom stereocenters. The van der Waals surface area contributed by atoms with Crippen LogP contribution in [0.3, 0.4) is 0 Å². The summed E-state index contributed by atoms with van der Waals surface area (Å²) in [4.78, 5) is 1.25.